The van der Waals surface area contributed by atoms with Gasteiger partial charge in [-0.05, 0) is 58.4 Å². The molecular formula is C22H27NO3. The topological polar surface area (TPSA) is 47.6 Å². The van der Waals surface area contributed by atoms with E-state index in [4.69, 9.17) is 9.47 Å². The molecule has 1 aliphatic heterocycles. The quantitative estimate of drug-likeness (QED) is 0.881. The zero-order chi connectivity index (χ0) is 18.9. The minimum atomic E-state index is -0.573. The molecule has 0 saturated heterocycles. The maximum absolute atomic E-state index is 12.7. The molecule has 138 valence electrons. The first-order valence-corrected chi connectivity index (χ1v) is 9.07. The van der Waals surface area contributed by atoms with E-state index in [-0.39, 0.29) is 17.6 Å². The number of carbonyl (C=O) groups is 1. The Morgan fingerprint density at radius 3 is 2.65 bits per heavy atom. The molecule has 4 nitrogen and oxygen atoms in total. The largest absolute Gasteiger partial charge is 0.487 e. The Labute approximate surface area is 155 Å². The highest BCUT2D eigenvalue weighted by molar-refractivity contribution is 5.81. The van der Waals surface area contributed by atoms with Crippen molar-refractivity contribution < 1.29 is 14.3 Å². The zero-order valence-corrected chi connectivity index (χ0v) is 16.1. The number of benzene rings is 2. The van der Waals surface area contributed by atoms with Gasteiger partial charge < -0.3 is 14.8 Å². The second-order valence-corrected chi connectivity index (χ2v) is 7.74. The number of ether oxygens (including phenoxy) is 2. The van der Waals surface area contributed by atoms with Gasteiger partial charge in [0.25, 0.3) is 5.91 Å². The lowest BCUT2D eigenvalue weighted by Gasteiger charge is -2.38. The lowest BCUT2D eigenvalue weighted by atomic mass is 9.89. The van der Waals surface area contributed by atoms with Crippen molar-refractivity contribution in [1.29, 1.82) is 0 Å². The van der Waals surface area contributed by atoms with Gasteiger partial charge >= 0.3 is 0 Å². The van der Waals surface area contributed by atoms with Gasteiger partial charge in [0.2, 0.25) is 0 Å². The Kier molecular flexibility index (Phi) is 4.94. The van der Waals surface area contributed by atoms with Crippen molar-refractivity contribution in [2.45, 2.75) is 58.8 Å². The molecule has 4 heteroatoms. The molecule has 1 heterocycles. The van der Waals surface area contributed by atoms with Gasteiger partial charge in [-0.15, -0.1) is 0 Å². The number of rotatable bonds is 4. The molecular weight excluding hydrogens is 326 g/mol. The van der Waals surface area contributed by atoms with Crippen LogP contribution in [0.3, 0.4) is 0 Å². The van der Waals surface area contributed by atoms with Crippen molar-refractivity contribution in [1.82, 2.24) is 5.32 Å². The molecule has 2 atom stereocenters. The Balaban J connectivity index is 1.75. The Morgan fingerprint density at radius 2 is 1.92 bits per heavy atom. The average Bonchev–Trinajstić information content (AvgIpc) is 2.54. The van der Waals surface area contributed by atoms with Gasteiger partial charge in [-0.2, -0.15) is 0 Å². The maximum Gasteiger partial charge on any atom is 0.261 e. The maximum atomic E-state index is 12.7. The molecule has 0 radical (unpaired) electrons. The summed E-state index contributed by atoms with van der Waals surface area (Å²) in [4.78, 5) is 12.7. The number of fused-ring (bicyclic) bond motifs is 1. The van der Waals surface area contributed by atoms with Gasteiger partial charge in [-0.1, -0.05) is 29.8 Å². The van der Waals surface area contributed by atoms with Crippen LogP contribution < -0.4 is 14.8 Å². The molecule has 2 aromatic carbocycles. The molecule has 0 bridgehead atoms. The first-order chi connectivity index (χ1) is 12.2. The predicted molar refractivity (Wildman–Crippen MR) is 103 cm³/mol. The first kappa shape index (κ1) is 18.3. The van der Waals surface area contributed by atoms with Crippen LogP contribution in [-0.2, 0) is 4.79 Å². The molecule has 0 saturated carbocycles. The van der Waals surface area contributed by atoms with Crippen molar-refractivity contribution in [3.8, 4) is 11.5 Å². The van der Waals surface area contributed by atoms with Crippen molar-refractivity contribution >= 4 is 5.91 Å². The van der Waals surface area contributed by atoms with Gasteiger partial charge in [0, 0.05) is 12.0 Å². The molecule has 0 spiro atoms. The van der Waals surface area contributed by atoms with E-state index < -0.39 is 6.10 Å². The fourth-order valence-electron chi connectivity index (χ4n) is 3.34. The van der Waals surface area contributed by atoms with Crippen LogP contribution in [0.15, 0.2) is 42.5 Å². The van der Waals surface area contributed by atoms with Crippen molar-refractivity contribution in [2.24, 2.45) is 0 Å². The van der Waals surface area contributed by atoms with Gasteiger partial charge in [-0.25, -0.2) is 0 Å². The lowest BCUT2D eigenvalue weighted by molar-refractivity contribution is -0.128. The highest BCUT2D eigenvalue weighted by Gasteiger charge is 2.35. The van der Waals surface area contributed by atoms with Crippen LogP contribution in [0.5, 0.6) is 11.5 Å². The summed E-state index contributed by atoms with van der Waals surface area (Å²) < 4.78 is 11.9. The van der Waals surface area contributed by atoms with E-state index in [1.165, 1.54) is 0 Å². The molecule has 26 heavy (non-hydrogen) atoms. The van der Waals surface area contributed by atoms with Crippen LogP contribution in [-0.4, -0.2) is 17.6 Å². The van der Waals surface area contributed by atoms with Crippen LogP contribution in [0.1, 0.15) is 49.9 Å². The predicted octanol–water partition coefficient (Wildman–Crippen LogP) is 4.49. The second-order valence-electron chi connectivity index (χ2n) is 7.74. The van der Waals surface area contributed by atoms with Gasteiger partial charge in [0.05, 0.1) is 6.04 Å². The summed E-state index contributed by atoms with van der Waals surface area (Å²) in [7, 11) is 0. The second kappa shape index (κ2) is 7.02. The van der Waals surface area contributed by atoms with Crippen LogP contribution in [0, 0.1) is 13.8 Å². The third kappa shape index (κ3) is 4.18. The van der Waals surface area contributed by atoms with Crippen molar-refractivity contribution in [2.75, 3.05) is 0 Å². The summed E-state index contributed by atoms with van der Waals surface area (Å²) >= 11 is 0. The Bertz CT molecular complexity index is 813. The molecule has 1 amide bonds. The molecule has 2 unspecified atom stereocenters. The van der Waals surface area contributed by atoms with E-state index in [1.807, 2.05) is 64.1 Å². The summed E-state index contributed by atoms with van der Waals surface area (Å²) in [5.74, 6) is 1.42. The monoisotopic (exact) mass is 353 g/mol. The minimum Gasteiger partial charge on any atom is -0.487 e. The molecule has 0 fully saturated rings. The number of carbonyl (C=O) groups excluding carboxylic acids is 1. The summed E-state index contributed by atoms with van der Waals surface area (Å²) in [5.41, 5.74) is 2.95. The van der Waals surface area contributed by atoms with Crippen LogP contribution >= 0.6 is 0 Å². The van der Waals surface area contributed by atoms with E-state index in [1.54, 1.807) is 6.92 Å². The Morgan fingerprint density at radius 1 is 1.19 bits per heavy atom. The molecule has 0 aliphatic carbocycles. The van der Waals surface area contributed by atoms with E-state index in [0.29, 0.717) is 12.2 Å². The van der Waals surface area contributed by atoms with Crippen molar-refractivity contribution in [3.63, 3.8) is 0 Å². The summed E-state index contributed by atoms with van der Waals surface area (Å²) in [5, 5.41) is 3.15. The van der Waals surface area contributed by atoms with Crippen molar-refractivity contribution in [3.05, 3.63) is 59.2 Å². The average molecular weight is 353 g/mol. The van der Waals surface area contributed by atoms with E-state index in [0.717, 1.165) is 22.4 Å². The van der Waals surface area contributed by atoms with Crippen LogP contribution in [0.2, 0.25) is 0 Å². The van der Waals surface area contributed by atoms with Gasteiger partial charge in [0.15, 0.2) is 6.10 Å². The number of hydrogen-bond acceptors (Lipinski definition) is 3. The lowest BCUT2D eigenvalue weighted by Crippen LogP contribution is -2.44. The molecule has 1 aliphatic rings. The van der Waals surface area contributed by atoms with Crippen LogP contribution in [0.4, 0.5) is 0 Å². The van der Waals surface area contributed by atoms with E-state index >= 15 is 0 Å². The fraction of sp³-hybridized carbons (Fsp3) is 0.409. The highest BCUT2D eigenvalue weighted by Crippen LogP contribution is 2.39. The standard InChI is InChI=1S/C22H27NO3/c1-14-7-6-8-17(11-14)25-16(3)21(24)23-19-13-22(4,5)26-20-10-9-15(2)12-18(19)20/h6-12,16,19H,13H2,1-5H3,(H,23,24). The molecule has 1 N–H and O–H groups in total. The number of hydrogen-bond donors (Lipinski definition) is 1. The smallest absolute Gasteiger partial charge is 0.261 e. The zero-order valence-electron chi connectivity index (χ0n) is 16.1. The summed E-state index contributed by atoms with van der Waals surface area (Å²) in [6.45, 7) is 9.91. The molecule has 0 aromatic heterocycles. The SMILES string of the molecule is Cc1cccc(OC(C)C(=O)NC2CC(C)(C)Oc3ccc(C)cc32)c1. The number of amides is 1. The first-order valence-electron chi connectivity index (χ1n) is 9.07. The van der Waals surface area contributed by atoms with E-state index in [9.17, 15) is 4.79 Å². The Hall–Kier alpha value is -2.49. The normalized spacial score (nSPS) is 19.0. The van der Waals surface area contributed by atoms with Gasteiger partial charge in [0.1, 0.15) is 17.1 Å². The van der Waals surface area contributed by atoms with Gasteiger partial charge in [-0.3, -0.25) is 4.79 Å². The molecule has 2 aromatic rings. The minimum absolute atomic E-state index is 0.0929. The fourth-order valence-corrected chi connectivity index (χ4v) is 3.34. The third-order valence-corrected chi connectivity index (χ3v) is 4.61. The highest BCUT2D eigenvalue weighted by atomic mass is 16.5. The summed E-state index contributed by atoms with van der Waals surface area (Å²) in [6, 6.07) is 13.7. The van der Waals surface area contributed by atoms with E-state index in [2.05, 4.69) is 11.4 Å². The van der Waals surface area contributed by atoms with Crippen LogP contribution in [0.25, 0.3) is 0 Å². The molecule has 3 rings (SSSR count). The number of aryl methyl sites for hydroxylation is 2. The number of nitrogens with one attached hydrogen (secondary N) is 1. The summed E-state index contributed by atoms with van der Waals surface area (Å²) in [6.07, 6.45) is 0.142. The third-order valence-electron chi connectivity index (χ3n) is 4.61.